The van der Waals surface area contributed by atoms with E-state index in [-0.39, 0.29) is 0 Å². The maximum atomic E-state index is 3.21. The van der Waals surface area contributed by atoms with Crippen LogP contribution in [0.3, 0.4) is 0 Å². The van der Waals surface area contributed by atoms with Gasteiger partial charge in [-0.2, -0.15) is 0 Å². The highest BCUT2D eigenvalue weighted by Gasteiger charge is 1.97. The molecular formula is C12H19N. The zero-order valence-electron chi connectivity index (χ0n) is 8.85. The fourth-order valence-corrected chi connectivity index (χ4v) is 1.47. The standard InChI is InChI=1S/C12H19N/c1-4-5-6-11-8-7-10(2)12(9-11)13-3/h7-9,13H,4-6H2,1-3H3. The quantitative estimate of drug-likeness (QED) is 0.743. The molecule has 1 aromatic rings. The SMILES string of the molecule is CCCCc1ccc(C)c(NC)c1. The Labute approximate surface area is 81.2 Å². The summed E-state index contributed by atoms with van der Waals surface area (Å²) in [7, 11) is 1.98. The molecule has 0 aromatic heterocycles. The fourth-order valence-electron chi connectivity index (χ4n) is 1.47. The third-order valence-electron chi connectivity index (χ3n) is 2.39. The second-order valence-electron chi connectivity index (χ2n) is 3.50. The molecule has 1 aromatic carbocycles. The highest BCUT2D eigenvalue weighted by molar-refractivity contribution is 5.52. The fraction of sp³-hybridized carbons (Fsp3) is 0.500. The molecule has 0 saturated carbocycles. The lowest BCUT2D eigenvalue weighted by Gasteiger charge is -2.07. The van der Waals surface area contributed by atoms with Gasteiger partial charge in [0.15, 0.2) is 0 Å². The van der Waals surface area contributed by atoms with Crippen molar-refractivity contribution < 1.29 is 0 Å². The van der Waals surface area contributed by atoms with Gasteiger partial charge in [-0.1, -0.05) is 25.5 Å². The number of aryl methyl sites for hydroxylation is 2. The Bertz CT molecular complexity index is 266. The van der Waals surface area contributed by atoms with Crippen molar-refractivity contribution in [2.24, 2.45) is 0 Å². The number of unbranched alkanes of at least 4 members (excludes halogenated alkanes) is 1. The molecule has 0 fully saturated rings. The summed E-state index contributed by atoms with van der Waals surface area (Å²) in [6.07, 6.45) is 3.75. The minimum absolute atomic E-state index is 1.20. The third-order valence-corrected chi connectivity index (χ3v) is 2.39. The van der Waals surface area contributed by atoms with Crippen molar-refractivity contribution >= 4 is 5.69 Å². The summed E-state index contributed by atoms with van der Waals surface area (Å²) in [6, 6.07) is 6.67. The first-order chi connectivity index (χ1) is 6.27. The molecule has 0 unspecified atom stereocenters. The Kier molecular flexibility index (Phi) is 3.81. The van der Waals surface area contributed by atoms with Crippen LogP contribution in [0.25, 0.3) is 0 Å². The number of anilines is 1. The van der Waals surface area contributed by atoms with E-state index < -0.39 is 0 Å². The van der Waals surface area contributed by atoms with Gasteiger partial charge < -0.3 is 5.32 Å². The summed E-state index contributed by atoms with van der Waals surface area (Å²) in [4.78, 5) is 0. The van der Waals surface area contributed by atoms with Gasteiger partial charge in [0.25, 0.3) is 0 Å². The number of rotatable bonds is 4. The number of hydrogen-bond acceptors (Lipinski definition) is 1. The monoisotopic (exact) mass is 177 g/mol. The number of hydrogen-bond donors (Lipinski definition) is 1. The van der Waals surface area contributed by atoms with Crippen LogP contribution in [0.15, 0.2) is 18.2 Å². The van der Waals surface area contributed by atoms with Gasteiger partial charge in [-0.25, -0.2) is 0 Å². The van der Waals surface area contributed by atoms with Crippen LogP contribution in [0.2, 0.25) is 0 Å². The molecule has 1 N–H and O–H groups in total. The molecule has 0 saturated heterocycles. The lowest BCUT2D eigenvalue weighted by Crippen LogP contribution is -1.93. The van der Waals surface area contributed by atoms with Gasteiger partial charge in [-0.05, 0) is 37.0 Å². The van der Waals surface area contributed by atoms with Gasteiger partial charge in [-0.15, -0.1) is 0 Å². The minimum Gasteiger partial charge on any atom is -0.388 e. The van der Waals surface area contributed by atoms with E-state index in [0.717, 1.165) is 0 Å². The van der Waals surface area contributed by atoms with Crippen LogP contribution >= 0.6 is 0 Å². The van der Waals surface area contributed by atoms with E-state index in [2.05, 4.69) is 37.4 Å². The summed E-state index contributed by atoms with van der Waals surface area (Å²) in [6.45, 7) is 4.36. The van der Waals surface area contributed by atoms with Crippen molar-refractivity contribution in [3.05, 3.63) is 29.3 Å². The number of benzene rings is 1. The molecule has 1 rings (SSSR count). The van der Waals surface area contributed by atoms with Gasteiger partial charge in [0.05, 0.1) is 0 Å². The predicted octanol–water partition coefficient (Wildman–Crippen LogP) is 3.38. The predicted molar refractivity (Wildman–Crippen MR) is 59.3 cm³/mol. The summed E-state index contributed by atoms with van der Waals surface area (Å²) in [5.74, 6) is 0. The highest BCUT2D eigenvalue weighted by atomic mass is 14.8. The molecule has 0 spiro atoms. The van der Waals surface area contributed by atoms with Crippen LogP contribution in [0.4, 0.5) is 5.69 Å². The lowest BCUT2D eigenvalue weighted by molar-refractivity contribution is 0.795. The van der Waals surface area contributed by atoms with Gasteiger partial charge >= 0.3 is 0 Å². The summed E-state index contributed by atoms with van der Waals surface area (Å²) in [5, 5.41) is 3.21. The average Bonchev–Trinajstić information content (AvgIpc) is 2.16. The average molecular weight is 177 g/mol. The largest absolute Gasteiger partial charge is 0.388 e. The molecule has 0 radical (unpaired) electrons. The van der Waals surface area contributed by atoms with E-state index in [1.165, 1.54) is 36.1 Å². The summed E-state index contributed by atoms with van der Waals surface area (Å²) < 4.78 is 0. The third kappa shape index (κ3) is 2.76. The van der Waals surface area contributed by atoms with Crippen LogP contribution in [0.5, 0.6) is 0 Å². The Balaban J connectivity index is 2.74. The van der Waals surface area contributed by atoms with Crippen molar-refractivity contribution in [1.29, 1.82) is 0 Å². The topological polar surface area (TPSA) is 12.0 Å². The molecule has 0 atom stereocenters. The first kappa shape index (κ1) is 10.1. The highest BCUT2D eigenvalue weighted by Crippen LogP contribution is 2.17. The molecule has 13 heavy (non-hydrogen) atoms. The van der Waals surface area contributed by atoms with Crippen LogP contribution in [-0.2, 0) is 6.42 Å². The van der Waals surface area contributed by atoms with E-state index in [9.17, 15) is 0 Å². The van der Waals surface area contributed by atoms with E-state index in [0.29, 0.717) is 0 Å². The summed E-state index contributed by atoms with van der Waals surface area (Å²) >= 11 is 0. The maximum absolute atomic E-state index is 3.21. The zero-order chi connectivity index (χ0) is 9.68. The molecule has 0 aliphatic heterocycles. The molecule has 0 aliphatic rings. The molecule has 72 valence electrons. The molecule has 0 aliphatic carbocycles. The van der Waals surface area contributed by atoms with Crippen molar-refractivity contribution in [1.82, 2.24) is 0 Å². The van der Waals surface area contributed by atoms with E-state index >= 15 is 0 Å². The number of nitrogens with one attached hydrogen (secondary N) is 1. The molecule has 0 bridgehead atoms. The summed E-state index contributed by atoms with van der Waals surface area (Å²) in [5.41, 5.74) is 4.02. The first-order valence-corrected chi connectivity index (χ1v) is 5.05. The van der Waals surface area contributed by atoms with Crippen LogP contribution in [0, 0.1) is 6.92 Å². The minimum atomic E-state index is 1.20. The molecule has 0 amide bonds. The maximum Gasteiger partial charge on any atom is 0.0370 e. The first-order valence-electron chi connectivity index (χ1n) is 5.05. The van der Waals surface area contributed by atoms with E-state index in [1.807, 2.05) is 7.05 Å². The Morgan fingerprint density at radius 2 is 2.08 bits per heavy atom. The van der Waals surface area contributed by atoms with E-state index in [1.54, 1.807) is 0 Å². The van der Waals surface area contributed by atoms with Crippen LogP contribution in [0.1, 0.15) is 30.9 Å². The van der Waals surface area contributed by atoms with Crippen LogP contribution < -0.4 is 5.32 Å². The van der Waals surface area contributed by atoms with Gasteiger partial charge in [0, 0.05) is 12.7 Å². The van der Waals surface area contributed by atoms with Crippen molar-refractivity contribution in [3.8, 4) is 0 Å². The Morgan fingerprint density at radius 1 is 1.31 bits per heavy atom. The van der Waals surface area contributed by atoms with Gasteiger partial charge in [0.2, 0.25) is 0 Å². The molecular weight excluding hydrogens is 158 g/mol. The van der Waals surface area contributed by atoms with Crippen molar-refractivity contribution in [3.63, 3.8) is 0 Å². The second-order valence-corrected chi connectivity index (χ2v) is 3.50. The van der Waals surface area contributed by atoms with Crippen molar-refractivity contribution in [2.75, 3.05) is 12.4 Å². The van der Waals surface area contributed by atoms with Crippen molar-refractivity contribution in [2.45, 2.75) is 33.1 Å². The van der Waals surface area contributed by atoms with Gasteiger partial charge in [0.1, 0.15) is 0 Å². The van der Waals surface area contributed by atoms with Crippen LogP contribution in [-0.4, -0.2) is 7.05 Å². The smallest absolute Gasteiger partial charge is 0.0370 e. The Morgan fingerprint density at radius 3 is 2.69 bits per heavy atom. The van der Waals surface area contributed by atoms with E-state index in [4.69, 9.17) is 0 Å². The Hall–Kier alpha value is -0.980. The normalized spacial score (nSPS) is 10.1. The molecule has 1 heteroatoms. The molecule has 0 heterocycles. The second kappa shape index (κ2) is 4.90. The van der Waals surface area contributed by atoms with Gasteiger partial charge in [-0.3, -0.25) is 0 Å². The zero-order valence-corrected chi connectivity index (χ0v) is 8.85. The lowest BCUT2D eigenvalue weighted by atomic mass is 10.1. The molecule has 1 nitrogen and oxygen atoms in total.